The van der Waals surface area contributed by atoms with Crippen molar-refractivity contribution in [1.29, 1.82) is 0 Å². The van der Waals surface area contributed by atoms with Crippen LogP contribution in [0.3, 0.4) is 0 Å². The molecule has 0 radical (unpaired) electrons. The van der Waals surface area contributed by atoms with E-state index in [0.717, 1.165) is 41.6 Å². The number of carbonyl (C=O) groups is 2. The van der Waals surface area contributed by atoms with Crippen molar-refractivity contribution in [2.45, 2.75) is 55.3 Å². The summed E-state index contributed by atoms with van der Waals surface area (Å²) in [7, 11) is 0. The fourth-order valence-corrected chi connectivity index (χ4v) is 3.86. The van der Waals surface area contributed by atoms with Gasteiger partial charge in [0, 0.05) is 11.4 Å². The Balaban J connectivity index is 1.53. The summed E-state index contributed by atoms with van der Waals surface area (Å²) in [6.45, 7) is 1.78. The van der Waals surface area contributed by atoms with E-state index in [4.69, 9.17) is 0 Å². The Morgan fingerprint density at radius 1 is 1.12 bits per heavy atom. The molecule has 25 heavy (non-hydrogen) atoms. The van der Waals surface area contributed by atoms with Crippen LogP contribution in [0.4, 0.5) is 4.79 Å². The smallest absolute Gasteiger partial charge is 0.321 e. The summed E-state index contributed by atoms with van der Waals surface area (Å²) in [5.74, 6) is -0.298. The second-order valence-corrected chi connectivity index (χ2v) is 7.76. The first kappa shape index (κ1) is 17.7. The maximum Gasteiger partial charge on any atom is 0.321 e. The van der Waals surface area contributed by atoms with Crippen molar-refractivity contribution in [3.63, 3.8) is 0 Å². The number of imide groups is 1. The van der Waals surface area contributed by atoms with Crippen molar-refractivity contribution >= 4 is 34.6 Å². The largest absolute Gasteiger partial charge is 0.335 e. The molecule has 1 atom stereocenters. The minimum absolute atomic E-state index is 0.187. The van der Waals surface area contributed by atoms with Gasteiger partial charge in [0.05, 0.1) is 15.8 Å². The topological polar surface area (TPSA) is 71.1 Å². The van der Waals surface area contributed by atoms with Crippen LogP contribution in [0.1, 0.15) is 39.0 Å². The molecule has 0 aliphatic heterocycles. The average Bonchev–Trinajstić information content (AvgIpc) is 2.62. The van der Waals surface area contributed by atoms with Crippen LogP contribution in [0.5, 0.6) is 0 Å². The minimum Gasteiger partial charge on any atom is -0.335 e. The van der Waals surface area contributed by atoms with Crippen LogP contribution in [0.15, 0.2) is 41.4 Å². The lowest BCUT2D eigenvalue weighted by Crippen LogP contribution is -2.47. The number of aromatic nitrogens is 1. The Bertz CT molecular complexity index is 759. The van der Waals surface area contributed by atoms with Crippen LogP contribution in [-0.4, -0.2) is 28.2 Å². The normalized spacial score (nSPS) is 16.4. The van der Waals surface area contributed by atoms with E-state index in [1.165, 1.54) is 18.2 Å². The SMILES string of the molecule is CC(Sc1ccc2ccccc2n1)C(=O)NC(=O)NC1CCCCC1. The lowest BCUT2D eigenvalue weighted by atomic mass is 9.96. The summed E-state index contributed by atoms with van der Waals surface area (Å²) in [6, 6.07) is 11.5. The molecular formula is C19H23N3O2S. The minimum atomic E-state index is -0.397. The molecule has 2 N–H and O–H groups in total. The Kier molecular flexibility index (Phi) is 5.91. The first-order valence-corrected chi connectivity index (χ1v) is 9.63. The molecule has 0 spiro atoms. The molecule has 1 aromatic carbocycles. The van der Waals surface area contributed by atoms with Crippen LogP contribution in [0, 0.1) is 0 Å². The van der Waals surface area contributed by atoms with Gasteiger partial charge in [0.1, 0.15) is 0 Å². The number of pyridine rings is 1. The number of nitrogens with one attached hydrogen (secondary N) is 2. The number of thioether (sulfide) groups is 1. The molecule has 1 heterocycles. The van der Waals surface area contributed by atoms with E-state index < -0.39 is 11.3 Å². The number of hydrogen-bond acceptors (Lipinski definition) is 4. The summed E-state index contributed by atoms with van der Waals surface area (Å²) < 4.78 is 0. The number of benzene rings is 1. The molecule has 132 valence electrons. The van der Waals surface area contributed by atoms with Gasteiger partial charge in [-0.05, 0) is 31.9 Å². The highest BCUT2D eigenvalue weighted by Crippen LogP contribution is 2.24. The fraction of sp³-hybridized carbons (Fsp3) is 0.421. The molecule has 0 bridgehead atoms. The van der Waals surface area contributed by atoms with Crippen LogP contribution >= 0.6 is 11.8 Å². The van der Waals surface area contributed by atoms with E-state index in [1.54, 1.807) is 6.92 Å². The molecule has 1 aromatic heterocycles. The molecule has 1 fully saturated rings. The highest BCUT2D eigenvalue weighted by Gasteiger charge is 2.20. The molecule has 3 amide bonds. The first-order valence-electron chi connectivity index (χ1n) is 8.75. The molecule has 3 rings (SSSR count). The number of urea groups is 1. The van der Waals surface area contributed by atoms with Crippen molar-refractivity contribution in [3.8, 4) is 0 Å². The van der Waals surface area contributed by atoms with Gasteiger partial charge in [-0.1, -0.05) is 55.3 Å². The highest BCUT2D eigenvalue weighted by molar-refractivity contribution is 8.00. The number of hydrogen-bond donors (Lipinski definition) is 2. The Morgan fingerprint density at radius 3 is 2.68 bits per heavy atom. The van der Waals surface area contributed by atoms with Gasteiger partial charge in [-0.3, -0.25) is 10.1 Å². The summed E-state index contributed by atoms with van der Waals surface area (Å²) in [5, 5.41) is 6.78. The molecule has 1 unspecified atom stereocenters. The molecule has 1 saturated carbocycles. The van der Waals surface area contributed by atoms with Crippen LogP contribution < -0.4 is 10.6 Å². The third-order valence-electron chi connectivity index (χ3n) is 4.42. The van der Waals surface area contributed by atoms with Crippen molar-refractivity contribution in [2.75, 3.05) is 0 Å². The van der Waals surface area contributed by atoms with E-state index in [-0.39, 0.29) is 11.9 Å². The van der Waals surface area contributed by atoms with Crippen molar-refractivity contribution < 1.29 is 9.59 Å². The molecule has 1 aliphatic carbocycles. The van der Waals surface area contributed by atoms with Crippen molar-refractivity contribution in [2.24, 2.45) is 0 Å². The standard InChI is InChI=1S/C19H23N3O2S/c1-13(18(23)22-19(24)20-15-8-3-2-4-9-15)25-17-12-11-14-7-5-6-10-16(14)21-17/h5-7,10-13,15H,2-4,8-9H2,1H3,(H2,20,22,23,24). The second kappa shape index (κ2) is 8.34. The Hall–Kier alpha value is -2.08. The average molecular weight is 357 g/mol. The Labute approximate surface area is 152 Å². The summed E-state index contributed by atoms with van der Waals surface area (Å²) in [5.41, 5.74) is 0.898. The molecule has 1 aliphatic rings. The Morgan fingerprint density at radius 2 is 1.88 bits per heavy atom. The number of amides is 3. The van der Waals surface area contributed by atoms with E-state index in [2.05, 4.69) is 15.6 Å². The maximum atomic E-state index is 12.2. The van der Waals surface area contributed by atoms with Gasteiger partial charge >= 0.3 is 6.03 Å². The number of fused-ring (bicyclic) bond motifs is 1. The predicted octanol–water partition coefficient (Wildman–Crippen LogP) is 3.87. The van der Waals surface area contributed by atoms with Gasteiger partial charge in [0.15, 0.2) is 0 Å². The third-order valence-corrected chi connectivity index (χ3v) is 5.45. The first-order chi connectivity index (χ1) is 12.1. The quantitative estimate of drug-likeness (QED) is 0.815. The van der Waals surface area contributed by atoms with Gasteiger partial charge in [-0.2, -0.15) is 0 Å². The highest BCUT2D eigenvalue weighted by atomic mass is 32.2. The molecule has 5 nitrogen and oxygen atoms in total. The van der Waals surface area contributed by atoms with Gasteiger partial charge in [0.2, 0.25) is 5.91 Å². The lowest BCUT2D eigenvalue weighted by molar-refractivity contribution is -0.119. The van der Waals surface area contributed by atoms with Crippen LogP contribution in [-0.2, 0) is 4.79 Å². The second-order valence-electron chi connectivity index (χ2n) is 6.40. The molecule has 0 saturated heterocycles. The lowest BCUT2D eigenvalue weighted by Gasteiger charge is -2.23. The number of para-hydroxylation sites is 1. The zero-order valence-corrected chi connectivity index (χ0v) is 15.1. The maximum absolute atomic E-state index is 12.2. The monoisotopic (exact) mass is 357 g/mol. The zero-order valence-electron chi connectivity index (χ0n) is 14.3. The van der Waals surface area contributed by atoms with Crippen molar-refractivity contribution in [1.82, 2.24) is 15.6 Å². The number of rotatable bonds is 4. The summed E-state index contributed by atoms with van der Waals surface area (Å²) >= 11 is 1.35. The molecule has 2 aromatic rings. The van der Waals surface area contributed by atoms with E-state index >= 15 is 0 Å². The van der Waals surface area contributed by atoms with Gasteiger partial charge in [0.25, 0.3) is 0 Å². The fourth-order valence-electron chi connectivity index (χ4n) is 3.03. The van der Waals surface area contributed by atoms with Gasteiger partial charge in [-0.25, -0.2) is 9.78 Å². The summed E-state index contributed by atoms with van der Waals surface area (Å²) in [4.78, 5) is 28.8. The zero-order chi connectivity index (χ0) is 17.6. The van der Waals surface area contributed by atoms with Gasteiger partial charge in [-0.15, -0.1) is 0 Å². The molecular weight excluding hydrogens is 334 g/mol. The summed E-state index contributed by atoms with van der Waals surface area (Å²) in [6.07, 6.45) is 5.49. The van der Waals surface area contributed by atoms with Crippen LogP contribution in [0.25, 0.3) is 10.9 Å². The van der Waals surface area contributed by atoms with E-state index in [9.17, 15) is 9.59 Å². The van der Waals surface area contributed by atoms with Crippen molar-refractivity contribution in [3.05, 3.63) is 36.4 Å². The molecule has 6 heteroatoms. The van der Waals surface area contributed by atoms with Gasteiger partial charge < -0.3 is 5.32 Å². The van der Waals surface area contributed by atoms with Crippen LogP contribution in [0.2, 0.25) is 0 Å². The third kappa shape index (κ3) is 4.95. The number of nitrogens with zero attached hydrogens (tertiary/aromatic N) is 1. The number of carbonyl (C=O) groups excluding carboxylic acids is 2. The van der Waals surface area contributed by atoms with E-state index in [0.29, 0.717) is 0 Å². The van der Waals surface area contributed by atoms with E-state index in [1.807, 2.05) is 36.4 Å². The predicted molar refractivity (Wildman–Crippen MR) is 101 cm³/mol.